The van der Waals surface area contributed by atoms with Crippen LogP contribution in [0.1, 0.15) is 44.7 Å². The highest BCUT2D eigenvalue weighted by Crippen LogP contribution is 2.17. The molecule has 0 unspecified atom stereocenters. The van der Waals surface area contributed by atoms with Gasteiger partial charge in [-0.3, -0.25) is 0 Å². The molecule has 0 saturated carbocycles. The molecule has 90 valence electrons. The Kier molecular flexibility index (Phi) is 5.33. The Bertz CT molecular complexity index is 290. The molecule has 0 saturated heterocycles. The van der Waals surface area contributed by atoms with Gasteiger partial charge >= 0.3 is 0 Å². The van der Waals surface area contributed by atoms with Gasteiger partial charge < -0.3 is 10.6 Å². The molecule has 1 rings (SSSR count). The molecule has 2 nitrogen and oxygen atoms in total. The van der Waals surface area contributed by atoms with Crippen LogP contribution >= 0.6 is 0 Å². The first-order valence-corrected chi connectivity index (χ1v) is 6.21. The predicted molar refractivity (Wildman–Crippen MR) is 71.8 cm³/mol. The van der Waals surface area contributed by atoms with Gasteiger partial charge in [0.2, 0.25) is 0 Å². The molecule has 0 aliphatic carbocycles. The number of nitrogens with two attached hydrogens (primary N) is 1. The zero-order valence-corrected chi connectivity index (χ0v) is 10.7. The molecular weight excluding hydrogens is 196 g/mol. The molecule has 0 radical (unpaired) electrons. The third-order valence-corrected chi connectivity index (χ3v) is 2.96. The topological polar surface area (TPSA) is 29.3 Å². The van der Waals surface area contributed by atoms with E-state index >= 15 is 0 Å². The monoisotopic (exact) mass is 220 g/mol. The van der Waals surface area contributed by atoms with Crippen molar-refractivity contribution < 1.29 is 0 Å². The standard InChI is InChI=1S/C14H24N2/c1-4-5-6-11-16(3)14-9-7-13(8-10-14)12(2)15/h7-10,12H,4-6,11,15H2,1-3H3/t12-/m1/s1. The fraction of sp³-hybridized carbons (Fsp3) is 0.571. The largest absolute Gasteiger partial charge is 0.375 e. The molecule has 16 heavy (non-hydrogen) atoms. The lowest BCUT2D eigenvalue weighted by atomic mass is 10.1. The molecule has 0 heterocycles. The summed E-state index contributed by atoms with van der Waals surface area (Å²) in [6, 6.07) is 8.68. The molecule has 0 aliphatic rings. The van der Waals surface area contributed by atoms with Gasteiger partial charge in [0.1, 0.15) is 0 Å². The second kappa shape index (κ2) is 6.54. The van der Waals surface area contributed by atoms with Crippen LogP contribution in [0.4, 0.5) is 5.69 Å². The number of nitrogens with zero attached hydrogens (tertiary/aromatic N) is 1. The first-order valence-electron chi connectivity index (χ1n) is 6.21. The molecule has 1 aromatic rings. The van der Waals surface area contributed by atoms with Gasteiger partial charge in [-0.1, -0.05) is 31.9 Å². The second-order valence-corrected chi connectivity index (χ2v) is 4.51. The molecule has 0 aromatic heterocycles. The van der Waals surface area contributed by atoms with Gasteiger partial charge in [-0.05, 0) is 31.0 Å². The highest BCUT2D eigenvalue weighted by molar-refractivity contribution is 5.47. The third kappa shape index (κ3) is 3.86. The summed E-state index contributed by atoms with van der Waals surface area (Å²) >= 11 is 0. The zero-order valence-electron chi connectivity index (χ0n) is 10.7. The van der Waals surface area contributed by atoms with Crippen molar-refractivity contribution in [3.8, 4) is 0 Å². The van der Waals surface area contributed by atoms with Gasteiger partial charge in [0.25, 0.3) is 0 Å². The highest BCUT2D eigenvalue weighted by Gasteiger charge is 2.02. The van der Waals surface area contributed by atoms with Crippen molar-refractivity contribution in [2.75, 3.05) is 18.5 Å². The predicted octanol–water partition coefficient (Wildman–Crippen LogP) is 3.33. The Morgan fingerprint density at radius 3 is 2.31 bits per heavy atom. The number of anilines is 1. The maximum Gasteiger partial charge on any atom is 0.0363 e. The SMILES string of the molecule is CCCCCN(C)c1ccc([C@@H](C)N)cc1. The van der Waals surface area contributed by atoms with Gasteiger partial charge in [-0.2, -0.15) is 0 Å². The third-order valence-electron chi connectivity index (χ3n) is 2.96. The lowest BCUT2D eigenvalue weighted by Gasteiger charge is -2.19. The van der Waals surface area contributed by atoms with Gasteiger partial charge in [0.15, 0.2) is 0 Å². The van der Waals surface area contributed by atoms with E-state index in [9.17, 15) is 0 Å². The lowest BCUT2D eigenvalue weighted by molar-refractivity contribution is 0.705. The van der Waals surface area contributed by atoms with E-state index in [1.807, 2.05) is 6.92 Å². The molecule has 0 fully saturated rings. The van der Waals surface area contributed by atoms with Crippen LogP contribution in [-0.4, -0.2) is 13.6 Å². The average molecular weight is 220 g/mol. The molecular formula is C14H24N2. The molecule has 1 aromatic carbocycles. The average Bonchev–Trinajstić information content (AvgIpc) is 2.29. The number of hydrogen-bond donors (Lipinski definition) is 1. The van der Waals surface area contributed by atoms with Crippen molar-refractivity contribution in [3.63, 3.8) is 0 Å². The van der Waals surface area contributed by atoms with Crippen molar-refractivity contribution >= 4 is 5.69 Å². The summed E-state index contributed by atoms with van der Waals surface area (Å²) in [5.41, 5.74) is 8.30. The van der Waals surface area contributed by atoms with E-state index < -0.39 is 0 Å². The molecule has 2 heteroatoms. The first kappa shape index (κ1) is 13.0. The van der Waals surface area contributed by atoms with E-state index in [4.69, 9.17) is 5.73 Å². The van der Waals surface area contributed by atoms with E-state index in [0.717, 1.165) is 6.54 Å². The van der Waals surface area contributed by atoms with Crippen LogP contribution in [0.2, 0.25) is 0 Å². The summed E-state index contributed by atoms with van der Waals surface area (Å²) in [6.07, 6.45) is 3.85. The number of unbranched alkanes of at least 4 members (excludes halogenated alkanes) is 2. The maximum absolute atomic E-state index is 5.82. The van der Waals surface area contributed by atoms with Crippen LogP contribution < -0.4 is 10.6 Å². The fourth-order valence-corrected chi connectivity index (χ4v) is 1.76. The van der Waals surface area contributed by atoms with Gasteiger partial charge in [0.05, 0.1) is 0 Å². The van der Waals surface area contributed by atoms with Gasteiger partial charge in [-0.25, -0.2) is 0 Å². The lowest BCUT2D eigenvalue weighted by Crippen LogP contribution is -2.18. The summed E-state index contributed by atoms with van der Waals surface area (Å²) in [6.45, 7) is 5.38. The van der Waals surface area contributed by atoms with E-state index in [1.165, 1.54) is 30.5 Å². The fourth-order valence-electron chi connectivity index (χ4n) is 1.76. The smallest absolute Gasteiger partial charge is 0.0363 e. The van der Waals surface area contributed by atoms with Crippen LogP contribution in [0.25, 0.3) is 0 Å². The minimum absolute atomic E-state index is 0.124. The summed E-state index contributed by atoms with van der Waals surface area (Å²) in [5, 5.41) is 0. The Morgan fingerprint density at radius 2 is 1.81 bits per heavy atom. The minimum atomic E-state index is 0.124. The minimum Gasteiger partial charge on any atom is -0.375 e. The Labute approximate surface area is 99.5 Å². The van der Waals surface area contributed by atoms with Crippen LogP contribution in [0.3, 0.4) is 0 Å². The number of hydrogen-bond acceptors (Lipinski definition) is 2. The summed E-state index contributed by atoms with van der Waals surface area (Å²) in [5.74, 6) is 0. The van der Waals surface area contributed by atoms with Crippen molar-refractivity contribution in [3.05, 3.63) is 29.8 Å². The van der Waals surface area contributed by atoms with Gasteiger partial charge in [-0.15, -0.1) is 0 Å². The van der Waals surface area contributed by atoms with Crippen molar-refractivity contribution in [2.24, 2.45) is 5.73 Å². The summed E-state index contributed by atoms with van der Waals surface area (Å²) in [7, 11) is 2.15. The zero-order chi connectivity index (χ0) is 12.0. The highest BCUT2D eigenvalue weighted by atomic mass is 15.1. The normalized spacial score (nSPS) is 12.5. The Morgan fingerprint density at radius 1 is 1.19 bits per heavy atom. The van der Waals surface area contributed by atoms with Crippen LogP contribution in [0, 0.1) is 0 Å². The molecule has 0 amide bonds. The van der Waals surface area contributed by atoms with Crippen molar-refractivity contribution in [1.29, 1.82) is 0 Å². The van der Waals surface area contributed by atoms with E-state index in [1.54, 1.807) is 0 Å². The first-order chi connectivity index (χ1) is 7.65. The number of benzene rings is 1. The van der Waals surface area contributed by atoms with Crippen molar-refractivity contribution in [1.82, 2.24) is 0 Å². The van der Waals surface area contributed by atoms with Gasteiger partial charge in [0, 0.05) is 25.3 Å². The molecule has 0 spiro atoms. The van der Waals surface area contributed by atoms with Crippen LogP contribution in [-0.2, 0) is 0 Å². The number of rotatable bonds is 6. The molecule has 2 N–H and O–H groups in total. The molecule has 0 aliphatic heterocycles. The quantitative estimate of drug-likeness (QED) is 0.745. The van der Waals surface area contributed by atoms with Crippen LogP contribution in [0.5, 0.6) is 0 Å². The molecule has 0 bridgehead atoms. The summed E-state index contributed by atoms with van der Waals surface area (Å²) in [4.78, 5) is 2.31. The Balaban J connectivity index is 2.52. The maximum atomic E-state index is 5.82. The van der Waals surface area contributed by atoms with E-state index in [-0.39, 0.29) is 6.04 Å². The van der Waals surface area contributed by atoms with E-state index in [0.29, 0.717) is 0 Å². The second-order valence-electron chi connectivity index (χ2n) is 4.51. The van der Waals surface area contributed by atoms with Crippen LogP contribution in [0.15, 0.2) is 24.3 Å². The Hall–Kier alpha value is -1.02. The van der Waals surface area contributed by atoms with E-state index in [2.05, 4.69) is 43.1 Å². The van der Waals surface area contributed by atoms with Crippen molar-refractivity contribution in [2.45, 2.75) is 39.2 Å². The summed E-state index contributed by atoms with van der Waals surface area (Å²) < 4.78 is 0. The molecule has 1 atom stereocenters.